The van der Waals surface area contributed by atoms with Crippen LogP contribution in [0, 0.1) is 0 Å². The number of rotatable bonds is 3. The largest absolute Gasteiger partial charge is 0.495 e. The lowest BCUT2D eigenvalue weighted by molar-refractivity contribution is 0.417. The maximum Gasteiger partial charge on any atom is 0.238 e. The zero-order valence-corrected chi connectivity index (χ0v) is 13.2. The van der Waals surface area contributed by atoms with Crippen molar-refractivity contribution in [3.05, 3.63) is 36.4 Å². The summed E-state index contributed by atoms with van der Waals surface area (Å²) in [5, 5.41) is 5.88. The number of nitrogens with two attached hydrogens (primary N) is 2. The predicted octanol–water partition coefficient (Wildman–Crippen LogP) is 2.20. The number of hydrogen-bond donors (Lipinski definition) is 2. The molecule has 0 amide bonds. The van der Waals surface area contributed by atoms with Gasteiger partial charge in [0.25, 0.3) is 0 Å². The van der Waals surface area contributed by atoms with E-state index in [0.29, 0.717) is 17.0 Å². The Morgan fingerprint density at radius 3 is 2.59 bits per heavy atom. The Morgan fingerprint density at radius 2 is 1.95 bits per heavy atom. The van der Waals surface area contributed by atoms with Gasteiger partial charge in [0.15, 0.2) is 0 Å². The van der Waals surface area contributed by atoms with E-state index in [2.05, 4.69) is 4.98 Å². The van der Waals surface area contributed by atoms with E-state index in [1.165, 1.54) is 23.5 Å². The lowest BCUT2D eigenvalue weighted by Gasteiger charge is -2.04. The molecule has 0 aliphatic rings. The molecule has 0 radical (unpaired) electrons. The minimum atomic E-state index is -3.74. The molecule has 0 fully saturated rings. The lowest BCUT2D eigenvalue weighted by atomic mass is 10.2. The monoisotopic (exact) mass is 335 g/mol. The zero-order chi connectivity index (χ0) is 15.9. The molecule has 0 saturated carbocycles. The Morgan fingerprint density at radius 1 is 1.18 bits per heavy atom. The Balaban J connectivity index is 2.11. The molecule has 0 spiro atoms. The van der Waals surface area contributed by atoms with Crippen LogP contribution in [-0.4, -0.2) is 20.5 Å². The van der Waals surface area contributed by atoms with E-state index < -0.39 is 10.0 Å². The number of ether oxygens (including phenoxy) is 1. The Hall–Kier alpha value is -2.16. The average molecular weight is 335 g/mol. The third kappa shape index (κ3) is 2.63. The first-order valence-electron chi connectivity index (χ1n) is 6.26. The second-order valence-electron chi connectivity index (χ2n) is 4.65. The summed E-state index contributed by atoms with van der Waals surface area (Å²) >= 11 is 1.45. The molecule has 0 saturated heterocycles. The molecular weight excluding hydrogens is 322 g/mol. The van der Waals surface area contributed by atoms with Crippen LogP contribution in [0.3, 0.4) is 0 Å². The van der Waals surface area contributed by atoms with Crippen molar-refractivity contribution in [1.29, 1.82) is 0 Å². The molecular formula is C14H13N3O3S2. The molecule has 0 bridgehead atoms. The second-order valence-corrected chi connectivity index (χ2v) is 7.24. The number of methoxy groups -OCH3 is 1. The lowest BCUT2D eigenvalue weighted by Crippen LogP contribution is -2.11. The Labute approximate surface area is 131 Å². The molecule has 1 aromatic heterocycles. The number of benzene rings is 2. The molecule has 0 unspecified atom stereocenters. The molecule has 8 heteroatoms. The molecule has 3 aromatic rings. The second kappa shape index (κ2) is 5.24. The van der Waals surface area contributed by atoms with Gasteiger partial charge in [0.1, 0.15) is 10.8 Å². The smallest absolute Gasteiger partial charge is 0.238 e. The van der Waals surface area contributed by atoms with E-state index >= 15 is 0 Å². The van der Waals surface area contributed by atoms with E-state index in [1.807, 2.05) is 6.07 Å². The van der Waals surface area contributed by atoms with Crippen LogP contribution < -0.4 is 15.6 Å². The molecule has 0 atom stereocenters. The highest BCUT2D eigenvalue weighted by Crippen LogP contribution is 2.34. The quantitative estimate of drug-likeness (QED) is 0.713. The molecule has 0 aliphatic heterocycles. The fourth-order valence-corrected chi connectivity index (χ4v) is 3.55. The summed E-state index contributed by atoms with van der Waals surface area (Å²) in [6.07, 6.45) is 0. The summed E-state index contributed by atoms with van der Waals surface area (Å²) in [4.78, 5) is 4.50. The van der Waals surface area contributed by atoms with Gasteiger partial charge in [-0.2, -0.15) is 0 Å². The van der Waals surface area contributed by atoms with Gasteiger partial charge in [-0.3, -0.25) is 0 Å². The predicted molar refractivity (Wildman–Crippen MR) is 87.4 cm³/mol. The molecule has 2 aromatic carbocycles. The zero-order valence-electron chi connectivity index (χ0n) is 11.6. The summed E-state index contributed by atoms with van der Waals surface area (Å²) < 4.78 is 28.8. The van der Waals surface area contributed by atoms with Crippen LogP contribution >= 0.6 is 11.3 Å². The number of thiazole rings is 1. The summed E-state index contributed by atoms with van der Waals surface area (Å²) in [6.45, 7) is 0. The van der Waals surface area contributed by atoms with Crippen LogP contribution in [0.1, 0.15) is 0 Å². The fraction of sp³-hybridized carbons (Fsp3) is 0.0714. The van der Waals surface area contributed by atoms with Crippen molar-refractivity contribution in [3.8, 4) is 16.3 Å². The third-order valence-corrected chi connectivity index (χ3v) is 5.16. The van der Waals surface area contributed by atoms with Crippen molar-refractivity contribution in [2.24, 2.45) is 5.14 Å². The van der Waals surface area contributed by atoms with Crippen LogP contribution in [0.25, 0.3) is 20.8 Å². The first-order valence-corrected chi connectivity index (χ1v) is 8.62. The van der Waals surface area contributed by atoms with Crippen molar-refractivity contribution in [3.63, 3.8) is 0 Å². The molecule has 4 N–H and O–H groups in total. The number of aromatic nitrogens is 1. The van der Waals surface area contributed by atoms with E-state index in [1.54, 1.807) is 25.3 Å². The van der Waals surface area contributed by atoms with Crippen LogP contribution in [0.2, 0.25) is 0 Å². The van der Waals surface area contributed by atoms with E-state index in [4.69, 9.17) is 15.6 Å². The van der Waals surface area contributed by atoms with E-state index in [0.717, 1.165) is 15.3 Å². The number of hydrogen-bond acceptors (Lipinski definition) is 6. The fourth-order valence-electron chi connectivity index (χ4n) is 2.08. The highest BCUT2D eigenvalue weighted by molar-refractivity contribution is 7.89. The minimum Gasteiger partial charge on any atom is -0.495 e. The normalized spacial score (nSPS) is 11.7. The van der Waals surface area contributed by atoms with Crippen molar-refractivity contribution in [1.82, 2.24) is 4.98 Å². The van der Waals surface area contributed by atoms with Gasteiger partial charge < -0.3 is 10.5 Å². The summed E-state index contributed by atoms with van der Waals surface area (Å²) in [5.41, 5.74) is 7.85. The summed E-state index contributed by atoms with van der Waals surface area (Å²) in [6, 6.07) is 10.0. The van der Waals surface area contributed by atoms with Gasteiger partial charge in [0.05, 0.1) is 27.9 Å². The molecule has 6 nitrogen and oxygen atoms in total. The first-order chi connectivity index (χ1) is 10.4. The van der Waals surface area contributed by atoms with E-state index in [9.17, 15) is 8.42 Å². The molecule has 22 heavy (non-hydrogen) atoms. The van der Waals surface area contributed by atoms with Crippen molar-refractivity contribution in [2.75, 3.05) is 12.8 Å². The number of fused-ring (bicyclic) bond motifs is 1. The average Bonchev–Trinajstić information content (AvgIpc) is 2.89. The van der Waals surface area contributed by atoms with Crippen molar-refractivity contribution in [2.45, 2.75) is 4.90 Å². The van der Waals surface area contributed by atoms with Crippen LogP contribution in [-0.2, 0) is 10.0 Å². The Bertz CT molecular complexity index is 965. The maximum absolute atomic E-state index is 11.4. The van der Waals surface area contributed by atoms with Crippen molar-refractivity contribution < 1.29 is 13.2 Å². The number of sulfonamides is 1. The van der Waals surface area contributed by atoms with Gasteiger partial charge in [-0.25, -0.2) is 18.5 Å². The number of nitrogen functional groups attached to an aromatic ring is 1. The minimum absolute atomic E-state index is 0.0473. The molecule has 1 heterocycles. The standard InChI is InChI=1S/C14H13N3O3S2/c1-20-12-4-2-8(6-10(12)15)14-17-11-7-9(22(16,18)19)3-5-13(11)21-14/h2-7H,15H2,1H3,(H2,16,18,19). The summed E-state index contributed by atoms with van der Waals surface area (Å²) in [7, 11) is -2.18. The van der Waals surface area contributed by atoms with Crippen molar-refractivity contribution >= 4 is 37.3 Å². The van der Waals surface area contributed by atoms with Gasteiger partial charge in [-0.1, -0.05) is 0 Å². The highest BCUT2D eigenvalue weighted by Gasteiger charge is 2.12. The van der Waals surface area contributed by atoms with E-state index in [-0.39, 0.29) is 4.90 Å². The number of nitrogens with zero attached hydrogens (tertiary/aromatic N) is 1. The highest BCUT2D eigenvalue weighted by atomic mass is 32.2. The van der Waals surface area contributed by atoms with Crippen LogP contribution in [0.5, 0.6) is 5.75 Å². The SMILES string of the molecule is COc1ccc(-c2nc3cc(S(N)(=O)=O)ccc3s2)cc1N. The van der Waals surface area contributed by atoms with Gasteiger partial charge in [0, 0.05) is 5.56 Å². The van der Waals surface area contributed by atoms with Crippen LogP contribution in [0.15, 0.2) is 41.3 Å². The molecule has 0 aliphatic carbocycles. The number of anilines is 1. The third-order valence-electron chi connectivity index (χ3n) is 3.16. The molecule has 3 rings (SSSR count). The number of primary sulfonamides is 1. The van der Waals surface area contributed by atoms with Gasteiger partial charge in [-0.05, 0) is 36.4 Å². The summed E-state index contributed by atoms with van der Waals surface area (Å²) in [5.74, 6) is 0.598. The molecule has 114 valence electrons. The van der Waals surface area contributed by atoms with Gasteiger partial charge in [-0.15, -0.1) is 11.3 Å². The maximum atomic E-state index is 11.4. The van der Waals surface area contributed by atoms with Gasteiger partial charge >= 0.3 is 0 Å². The topological polar surface area (TPSA) is 108 Å². The van der Waals surface area contributed by atoms with Crippen LogP contribution in [0.4, 0.5) is 5.69 Å². The van der Waals surface area contributed by atoms with Gasteiger partial charge in [0.2, 0.25) is 10.0 Å². The first kappa shape index (κ1) is 14.8. The Kier molecular flexibility index (Phi) is 3.51.